The van der Waals surface area contributed by atoms with Crippen molar-refractivity contribution in [2.24, 2.45) is 17.4 Å². The molecule has 1 aromatic carbocycles. The molecule has 0 bridgehead atoms. The van der Waals surface area contributed by atoms with Crippen molar-refractivity contribution < 1.29 is 38.5 Å². The highest BCUT2D eigenvalue weighted by Gasteiger charge is 2.39. The van der Waals surface area contributed by atoms with Gasteiger partial charge in [-0.2, -0.15) is 10.2 Å². The molecule has 2 aromatic heterocycles. The first-order valence-corrected chi connectivity index (χ1v) is 17.6. The summed E-state index contributed by atoms with van der Waals surface area (Å²) in [5, 5.41) is 16.4. The minimum Gasteiger partial charge on any atom is -0.412 e. The predicted octanol–water partition coefficient (Wildman–Crippen LogP) is 1.04. The third kappa shape index (κ3) is 9.14. The minimum atomic E-state index is -0.431. The molecule has 18 heteroatoms. The van der Waals surface area contributed by atoms with Crippen molar-refractivity contribution in [1.29, 1.82) is 0 Å². The van der Waals surface area contributed by atoms with Gasteiger partial charge in [0.05, 0.1) is 65.9 Å². The van der Waals surface area contributed by atoms with Gasteiger partial charge in [0.25, 0.3) is 23.6 Å². The zero-order chi connectivity index (χ0) is 38.2. The van der Waals surface area contributed by atoms with Crippen LogP contribution in [0.3, 0.4) is 0 Å². The Balaban J connectivity index is 0.000000226. The number of hydrazine groups is 1. The normalized spacial score (nSPS) is 17.6. The van der Waals surface area contributed by atoms with Gasteiger partial charge in [0.1, 0.15) is 0 Å². The second-order valence-electron chi connectivity index (χ2n) is 13.1. The maximum Gasteiger partial charge on any atom is 0.261 e. The molecule has 5 heterocycles. The number of benzene rings is 1. The molecule has 4 amide bonds. The van der Waals surface area contributed by atoms with E-state index in [1.54, 1.807) is 48.3 Å². The van der Waals surface area contributed by atoms with Crippen LogP contribution in [0.15, 0.2) is 60.5 Å². The quantitative estimate of drug-likeness (QED) is 0.137. The lowest BCUT2D eigenvalue weighted by molar-refractivity contribution is 0.0662. The summed E-state index contributed by atoms with van der Waals surface area (Å²) in [6.45, 7) is 3.70. The lowest BCUT2D eigenvalue weighted by Crippen LogP contribution is -2.38. The molecule has 5 aliphatic rings. The number of imide groups is 1. The van der Waals surface area contributed by atoms with E-state index in [0.717, 1.165) is 49.2 Å². The van der Waals surface area contributed by atoms with Gasteiger partial charge in [-0.25, -0.2) is 8.78 Å². The highest BCUT2D eigenvalue weighted by Crippen LogP contribution is 2.32. The Kier molecular flexibility index (Phi) is 14.5. The standard InChI is InChI=1S/C21H19FN4O3.C13H17FN4O.C2H6O.H4N2.H2O/c22-9-13(11-26-19(27)15-3-1-2-4-16(15)20(26)28)10-24-12-17-18(23-24)7-8-25(21(17)29)14-5-6-14;14-5-9(6-15)7-17-8-11-12(16-17)3-4-18(13(11)19)10-1-2-10;1-2-3;1-2;/h1-4,9,12,14H,5-8,10-11H2;5,8,10H,1-4,6-7,15H2;3H,2H2,1H3;1-2H2;1H2/b13-9-;9-5+;;;. The summed E-state index contributed by atoms with van der Waals surface area (Å²) in [5.74, 6) is 7.18. The lowest BCUT2D eigenvalue weighted by atomic mass is 10.1. The van der Waals surface area contributed by atoms with Gasteiger partial charge in [0, 0.05) is 63.6 Å². The van der Waals surface area contributed by atoms with Crippen LogP contribution in [0.2, 0.25) is 0 Å². The van der Waals surface area contributed by atoms with Crippen LogP contribution in [0.4, 0.5) is 8.78 Å². The van der Waals surface area contributed by atoms with Crippen molar-refractivity contribution in [2.45, 2.75) is 70.6 Å². The lowest BCUT2D eigenvalue weighted by Gasteiger charge is -2.25. The fourth-order valence-corrected chi connectivity index (χ4v) is 6.51. The first-order valence-electron chi connectivity index (χ1n) is 17.6. The van der Waals surface area contributed by atoms with Gasteiger partial charge < -0.3 is 26.1 Å². The molecule has 0 unspecified atom stereocenters. The highest BCUT2D eigenvalue weighted by molar-refractivity contribution is 6.21. The van der Waals surface area contributed by atoms with Gasteiger partial charge in [-0.1, -0.05) is 12.1 Å². The third-order valence-corrected chi connectivity index (χ3v) is 9.35. The van der Waals surface area contributed by atoms with Crippen LogP contribution in [-0.4, -0.2) is 113 Å². The summed E-state index contributed by atoms with van der Waals surface area (Å²) in [5.41, 5.74) is 9.53. The van der Waals surface area contributed by atoms with Crippen molar-refractivity contribution in [2.75, 3.05) is 32.8 Å². The number of halogens is 2. The number of aliphatic hydroxyl groups excluding tert-OH is 1. The van der Waals surface area contributed by atoms with Gasteiger partial charge in [-0.3, -0.25) is 45.1 Å². The Morgan fingerprint density at radius 2 is 1.15 bits per heavy atom. The van der Waals surface area contributed by atoms with E-state index in [4.69, 9.17) is 10.8 Å². The van der Waals surface area contributed by atoms with Gasteiger partial charge in [-0.15, -0.1) is 0 Å². The van der Waals surface area contributed by atoms with Crippen LogP contribution in [-0.2, 0) is 25.9 Å². The summed E-state index contributed by atoms with van der Waals surface area (Å²) in [7, 11) is 0. The molecule has 9 N–H and O–H groups in total. The van der Waals surface area contributed by atoms with Gasteiger partial charge >= 0.3 is 0 Å². The van der Waals surface area contributed by atoms with Crippen molar-refractivity contribution in [3.63, 3.8) is 0 Å². The number of rotatable bonds is 9. The van der Waals surface area contributed by atoms with E-state index in [2.05, 4.69) is 21.9 Å². The molecule has 8 rings (SSSR count). The maximum absolute atomic E-state index is 13.6. The topological polar surface area (TPSA) is 243 Å². The Hall–Kier alpha value is -5.14. The summed E-state index contributed by atoms with van der Waals surface area (Å²) in [6, 6.07) is 7.33. The number of hydrogen-bond donors (Lipinski definition) is 4. The summed E-state index contributed by atoms with van der Waals surface area (Å²) in [4.78, 5) is 54.8. The fourth-order valence-electron chi connectivity index (χ4n) is 6.51. The van der Waals surface area contributed by atoms with Crippen molar-refractivity contribution in [1.82, 2.24) is 34.3 Å². The molecule has 0 atom stereocenters. The molecular weight excluding hydrogens is 706 g/mol. The number of aromatic nitrogens is 4. The predicted molar refractivity (Wildman–Crippen MR) is 194 cm³/mol. The minimum absolute atomic E-state index is 0. The summed E-state index contributed by atoms with van der Waals surface area (Å²) < 4.78 is 29.2. The monoisotopic (exact) mass is 754 g/mol. The van der Waals surface area contributed by atoms with E-state index >= 15 is 0 Å². The fraction of sp³-hybridized carbons (Fsp3) is 0.444. The van der Waals surface area contributed by atoms with Crippen LogP contribution < -0.4 is 17.4 Å². The van der Waals surface area contributed by atoms with E-state index < -0.39 is 11.8 Å². The van der Waals surface area contributed by atoms with E-state index in [1.165, 1.54) is 4.68 Å². The van der Waals surface area contributed by atoms with Crippen molar-refractivity contribution >= 4 is 23.6 Å². The third-order valence-electron chi connectivity index (χ3n) is 9.35. The molecular formula is C36H48F2N10O6. The molecule has 0 saturated heterocycles. The maximum atomic E-state index is 13.6. The Morgan fingerprint density at radius 1 is 0.741 bits per heavy atom. The number of fused-ring (bicyclic) bond motifs is 3. The smallest absolute Gasteiger partial charge is 0.261 e. The van der Waals surface area contributed by atoms with E-state index in [0.29, 0.717) is 77.8 Å². The molecule has 0 spiro atoms. The van der Waals surface area contributed by atoms with Crippen LogP contribution in [0.1, 0.15) is 85.4 Å². The number of hydrogen-bond acceptors (Lipinski definition) is 10. The summed E-state index contributed by atoms with van der Waals surface area (Å²) >= 11 is 0. The van der Waals surface area contributed by atoms with Crippen molar-refractivity contribution in [3.8, 4) is 0 Å². The molecule has 292 valence electrons. The number of nitrogens with zero attached hydrogens (tertiary/aromatic N) is 7. The van der Waals surface area contributed by atoms with Gasteiger partial charge in [-0.05, 0) is 55.9 Å². The number of aliphatic hydroxyl groups is 1. The first-order chi connectivity index (χ1) is 25.7. The highest BCUT2D eigenvalue weighted by atomic mass is 19.1. The molecule has 2 fully saturated rings. The molecule has 16 nitrogen and oxygen atoms in total. The number of nitrogens with two attached hydrogens (primary N) is 3. The number of carbonyl (C=O) groups excluding carboxylic acids is 4. The molecule has 0 radical (unpaired) electrons. The second-order valence-corrected chi connectivity index (χ2v) is 13.1. The average Bonchev–Trinajstić information content (AvgIpc) is 4.10. The summed E-state index contributed by atoms with van der Waals surface area (Å²) in [6.07, 6.45) is 10.0. The second kappa shape index (κ2) is 18.8. The molecule has 2 saturated carbocycles. The van der Waals surface area contributed by atoms with Crippen LogP contribution in [0.5, 0.6) is 0 Å². The molecule has 2 aliphatic carbocycles. The van der Waals surface area contributed by atoms with E-state index in [9.17, 15) is 28.0 Å². The number of amides is 4. The van der Waals surface area contributed by atoms with Crippen LogP contribution >= 0.6 is 0 Å². The van der Waals surface area contributed by atoms with Crippen LogP contribution in [0.25, 0.3) is 0 Å². The molecule has 3 aliphatic heterocycles. The number of carbonyl (C=O) groups is 4. The zero-order valence-electron chi connectivity index (χ0n) is 30.2. The van der Waals surface area contributed by atoms with Gasteiger partial charge in [0.15, 0.2) is 0 Å². The Labute approximate surface area is 311 Å². The zero-order valence-corrected chi connectivity index (χ0v) is 30.2. The van der Waals surface area contributed by atoms with Gasteiger partial charge in [0.2, 0.25) is 0 Å². The Bertz CT molecular complexity index is 1850. The van der Waals surface area contributed by atoms with Crippen molar-refractivity contribution in [3.05, 3.63) is 94.1 Å². The first kappa shape index (κ1) is 41.6. The Morgan fingerprint density at radius 3 is 1.52 bits per heavy atom. The van der Waals surface area contributed by atoms with Crippen LogP contribution in [0, 0.1) is 0 Å². The molecule has 3 aromatic rings. The molecule has 54 heavy (non-hydrogen) atoms. The SMILES string of the molecule is CCO.NC/C(=C\F)Cn1cc2c(n1)CCN(C1CC1)C2=O.NN.O.O=C1c2ccccc2C(=O)N1C/C(=C\F)Cn1cc2c(n1)CCN(C1CC1)C2=O. The van der Waals surface area contributed by atoms with E-state index in [1.807, 2.05) is 9.80 Å². The largest absolute Gasteiger partial charge is 0.412 e. The average molecular weight is 755 g/mol. The van der Waals surface area contributed by atoms with E-state index in [-0.39, 0.29) is 49.1 Å².